The van der Waals surface area contributed by atoms with Crippen molar-refractivity contribution in [3.05, 3.63) is 58.4 Å². The molecule has 1 N–H and O–H groups in total. The first-order valence-electron chi connectivity index (χ1n) is 8.47. The molecule has 0 aliphatic heterocycles. The van der Waals surface area contributed by atoms with Crippen molar-refractivity contribution < 1.29 is 14.3 Å². The number of carbonyl (C=O) groups is 2. The number of aryl methyl sites for hydroxylation is 2. The number of hydrogen-bond donors (Lipinski definition) is 1. The first kappa shape index (κ1) is 18.9. The van der Waals surface area contributed by atoms with Crippen molar-refractivity contribution >= 4 is 11.8 Å². The van der Waals surface area contributed by atoms with Crippen LogP contribution in [0.15, 0.2) is 30.3 Å². The Bertz CT molecular complexity index is 748. The molecule has 1 atom stereocenters. The number of Topliss-reactive ketones (excluding diaryl/α,β-unsaturated/α-hetero) is 1. The highest BCUT2D eigenvalue weighted by atomic mass is 16.5. The molecule has 1 heterocycles. The summed E-state index contributed by atoms with van der Waals surface area (Å²) in [5, 5.41) is 0. The standard InChI is InChI=1S/C20H26N2O3/c1-6-25-20(24)18-14(3)21-13(2)17(18)19(23)16(22(4)5)12-15-10-8-7-9-11-15/h7-11,16,21H,6,12H2,1-5H3/t16-/m1/s1. The predicted octanol–water partition coefficient (Wildman–Crippen LogP) is 3.16. The summed E-state index contributed by atoms with van der Waals surface area (Å²) in [5.41, 5.74) is 3.23. The van der Waals surface area contributed by atoms with E-state index in [1.807, 2.05) is 56.3 Å². The van der Waals surface area contributed by atoms with Gasteiger partial charge < -0.3 is 9.72 Å². The lowest BCUT2D eigenvalue weighted by Crippen LogP contribution is -2.38. The molecular weight excluding hydrogens is 316 g/mol. The smallest absolute Gasteiger partial charge is 0.340 e. The number of nitrogens with one attached hydrogen (secondary N) is 1. The molecule has 0 bridgehead atoms. The fourth-order valence-corrected chi connectivity index (χ4v) is 3.06. The molecule has 5 nitrogen and oxygen atoms in total. The monoisotopic (exact) mass is 342 g/mol. The number of ether oxygens (including phenoxy) is 1. The third-order valence-electron chi connectivity index (χ3n) is 4.30. The normalized spacial score (nSPS) is 12.2. The Balaban J connectivity index is 2.41. The van der Waals surface area contributed by atoms with E-state index >= 15 is 0 Å². The van der Waals surface area contributed by atoms with Gasteiger partial charge in [-0.3, -0.25) is 9.69 Å². The fourth-order valence-electron chi connectivity index (χ4n) is 3.06. The van der Waals surface area contributed by atoms with E-state index in [9.17, 15) is 9.59 Å². The number of benzene rings is 1. The van der Waals surface area contributed by atoms with Crippen LogP contribution in [0.4, 0.5) is 0 Å². The summed E-state index contributed by atoms with van der Waals surface area (Å²) in [6, 6.07) is 9.53. The molecule has 0 spiro atoms. The molecule has 2 aromatic rings. The summed E-state index contributed by atoms with van der Waals surface area (Å²) < 4.78 is 5.15. The second-order valence-electron chi connectivity index (χ2n) is 6.38. The number of likely N-dealkylation sites (N-methyl/N-ethyl adjacent to an activating group) is 1. The Labute approximate surface area is 149 Å². The van der Waals surface area contributed by atoms with Crippen molar-refractivity contribution in [2.75, 3.05) is 20.7 Å². The maximum atomic E-state index is 13.3. The molecule has 2 rings (SSSR count). The number of rotatable bonds is 7. The summed E-state index contributed by atoms with van der Waals surface area (Å²) in [4.78, 5) is 30.6. The summed E-state index contributed by atoms with van der Waals surface area (Å²) >= 11 is 0. The van der Waals surface area contributed by atoms with Crippen molar-refractivity contribution in [1.29, 1.82) is 0 Å². The first-order chi connectivity index (χ1) is 11.9. The Kier molecular flexibility index (Phi) is 6.15. The highest BCUT2D eigenvalue weighted by molar-refractivity contribution is 6.10. The van der Waals surface area contributed by atoms with Gasteiger partial charge in [0.1, 0.15) is 0 Å². The minimum Gasteiger partial charge on any atom is -0.462 e. The number of aromatic nitrogens is 1. The molecule has 0 unspecified atom stereocenters. The van der Waals surface area contributed by atoms with Crippen molar-refractivity contribution in [2.45, 2.75) is 33.2 Å². The van der Waals surface area contributed by atoms with E-state index < -0.39 is 5.97 Å². The first-order valence-corrected chi connectivity index (χ1v) is 8.47. The maximum absolute atomic E-state index is 13.3. The zero-order chi connectivity index (χ0) is 18.6. The van der Waals surface area contributed by atoms with Crippen LogP contribution in [0.1, 0.15) is 44.6 Å². The Morgan fingerprint density at radius 3 is 2.24 bits per heavy atom. The number of hydrogen-bond acceptors (Lipinski definition) is 4. The van der Waals surface area contributed by atoms with Gasteiger partial charge in [-0.05, 0) is 46.9 Å². The van der Waals surface area contributed by atoms with E-state index in [1.54, 1.807) is 13.8 Å². The molecule has 0 saturated heterocycles. The summed E-state index contributed by atoms with van der Waals surface area (Å²) in [7, 11) is 3.76. The van der Waals surface area contributed by atoms with Crippen LogP contribution in [-0.2, 0) is 11.2 Å². The van der Waals surface area contributed by atoms with Gasteiger partial charge in [-0.2, -0.15) is 0 Å². The molecule has 0 radical (unpaired) electrons. The van der Waals surface area contributed by atoms with Crippen molar-refractivity contribution in [3.8, 4) is 0 Å². The topological polar surface area (TPSA) is 62.4 Å². The van der Waals surface area contributed by atoms with Gasteiger partial charge in [0.05, 0.1) is 23.8 Å². The second-order valence-corrected chi connectivity index (χ2v) is 6.38. The highest BCUT2D eigenvalue weighted by Gasteiger charge is 2.31. The minimum atomic E-state index is -0.454. The van der Waals surface area contributed by atoms with Crippen molar-refractivity contribution in [3.63, 3.8) is 0 Å². The molecule has 0 aliphatic carbocycles. The molecule has 0 fully saturated rings. The predicted molar refractivity (Wildman–Crippen MR) is 98.2 cm³/mol. The number of ketones is 1. The number of esters is 1. The Hall–Kier alpha value is -2.40. The van der Waals surface area contributed by atoms with Gasteiger partial charge in [0.2, 0.25) is 0 Å². The lowest BCUT2D eigenvalue weighted by molar-refractivity contribution is 0.0521. The van der Waals surface area contributed by atoms with E-state index in [2.05, 4.69) is 4.98 Å². The van der Waals surface area contributed by atoms with Crippen LogP contribution < -0.4 is 0 Å². The van der Waals surface area contributed by atoms with Gasteiger partial charge >= 0.3 is 5.97 Å². The minimum absolute atomic E-state index is 0.0706. The summed E-state index contributed by atoms with van der Waals surface area (Å²) in [5.74, 6) is -0.524. The number of nitrogens with zero attached hydrogens (tertiary/aromatic N) is 1. The van der Waals surface area contributed by atoms with Gasteiger partial charge in [0, 0.05) is 11.4 Å². The van der Waals surface area contributed by atoms with Gasteiger partial charge in [0.15, 0.2) is 5.78 Å². The largest absolute Gasteiger partial charge is 0.462 e. The summed E-state index contributed by atoms with van der Waals surface area (Å²) in [6.07, 6.45) is 0.582. The van der Waals surface area contributed by atoms with E-state index in [4.69, 9.17) is 4.74 Å². The van der Waals surface area contributed by atoms with Crippen molar-refractivity contribution in [2.24, 2.45) is 0 Å². The van der Waals surface area contributed by atoms with E-state index in [-0.39, 0.29) is 18.4 Å². The molecule has 25 heavy (non-hydrogen) atoms. The van der Waals surface area contributed by atoms with Crippen LogP contribution >= 0.6 is 0 Å². The third kappa shape index (κ3) is 4.17. The van der Waals surface area contributed by atoms with E-state index in [1.165, 1.54) is 0 Å². The number of carbonyl (C=O) groups excluding carboxylic acids is 2. The van der Waals surface area contributed by atoms with Crippen LogP contribution in [0.25, 0.3) is 0 Å². The van der Waals surface area contributed by atoms with E-state index in [0.717, 1.165) is 5.56 Å². The van der Waals surface area contributed by atoms with Crippen molar-refractivity contribution in [1.82, 2.24) is 9.88 Å². The molecule has 5 heteroatoms. The zero-order valence-corrected chi connectivity index (χ0v) is 15.6. The van der Waals surface area contributed by atoms with Gasteiger partial charge in [-0.15, -0.1) is 0 Å². The van der Waals surface area contributed by atoms with Crippen LogP contribution in [0, 0.1) is 13.8 Å². The fraction of sp³-hybridized carbons (Fsp3) is 0.400. The Morgan fingerprint density at radius 1 is 1.08 bits per heavy atom. The lowest BCUT2D eigenvalue weighted by Gasteiger charge is -2.23. The SMILES string of the molecule is CCOC(=O)c1c(C)[nH]c(C)c1C(=O)[C@@H](Cc1ccccc1)N(C)C. The lowest BCUT2D eigenvalue weighted by atomic mass is 9.94. The quantitative estimate of drug-likeness (QED) is 0.620. The van der Waals surface area contributed by atoms with Gasteiger partial charge in [0.25, 0.3) is 0 Å². The summed E-state index contributed by atoms with van der Waals surface area (Å²) in [6.45, 7) is 5.64. The van der Waals surface area contributed by atoms with Crippen LogP contribution in [0.3, 0.4) is 0 Å². The van der Waals surface area contributed by atoms with Crippen LogP contribution in [0.2, 0.25) is 0 Å². The average molecular weight is 342 g/mol. The number of H-pyrrole nitrogens is 1. The molecule has 1 aromatic heterocycles. The Morgan fingerprint density at radius 2 is 1.68 bits per heavy atom. The average Bonchev–Trinajstić information content (AvgIpc) is 2.87. The second kappa shape index (κ2) is 8.12. The van der Waals surface area contributed by atoms with Crippen LogP contribution in [-0.4, -0.2) is 48.4 Å². The molecular formula is C20H26N2O3. The van der Waals surface area contributed by atoms with Crippen LogP contribution in [0.5, 0.6) is 0 Å². The molecule has 134 valence electrons. The molecule has 0 aliphatic rings. The zero-order valence-electron chi connectivity index (χ0n) is 15.6. The van der Waals surface area contributed by atoms with Gasteiger partial charge in [-0.1, -0.05) is 30.3 Å². The van der Waals surface area contributed by atoms with Gasteiger partial charge in [-0.25, -0.2) is 4.79 Å². The number of aromatic amines is 1. The molecule has 0 saturated carbocycles. The highest BCUT2D eigenvalue weighted by Crippen LogP contribution is 2.23. The molecule has 0 amide bonds. The molecule has 1 aromatic carbocycles. The van der Waals surface area contributed by atoms with E-state index in [0.29, 0.717) is 28.9 Å². The maximum Gasteiger partial charge on any atom is 0.340 e. The third-order valence-corrected chi connectivity index (χ3v) is 4.30.